The van der Waals surface area contributed by atoms with E-state index in [-0.39, 0.29) is 0 Å². The Morgan fingerprint density at radius 3 is 2.93 bits per heavy atom. The zero-order valence-corrected chi connectivity index (χ0v) is 10.9. The number of rotatable bonds is 3. The Morgan fingerprint density at radius 2 is 2.33 bits per heavy atom. The molecule has 0 aliphatic heterocycles. The smallest absolute Gasteiger partial charge is 0.145 e. The molecule has 1 saturated carbocycles. The molecule has 0 aromatic carbocycles. The van der Waals surface area contributed by atoms with E-state index >= 15 is 0 Å². The van der Waals surface area contributed by atoms with E-state index in [0.717, 1.165) is 34.7 Å². The zero-order chi connectivity index (χ0) is 10.8. The van der Waals surface area contributed by atoms with Crippen molar-refractivity contribution in [2.75, 3.05) is 18.5 Å². The molecule has 0 amide bonds. The molecular weight excluding hydrogens is 303 g/mol. The molecule has 1 aliphatic carbocycles. The Kier molecular flexibility index (Phi) is 3.40. The first-order valence-electron chi connectivity index (χ1n) is 5.09. The lowest BCUT2D eigenvalue weighted by molar-refractivity contribution is 0.270. The molecule has 5 heteroatoms. The monoisotopic (exact) mass is 318 g/mol. The molecule has 0 bridgehead atoms. The topological polar surface area (TPSA) is 55.0 Å². The first kappa shape index (κ1) is 11.1. The van der Waals surface area contributed by atoms with E-state index in [1.165, 1.54) is 0 Å². The second-order valence-electron chi connectivity index (χ2n) is 4.17. The molecule has 82 valence electrons. The molecule has 1 aromatic heterocycles. The summed E-state index contributed by atoms with van der Waals surface area (Å²) < 4.78 is 1.10. The van der Waals surface area contributed by atoms with Gasteiger partial charge in [-0.25, -0.2) is 9.97 Å². The van der Waals surface area contributed by atoms with Gasteiger partial charge in [0.2, 0.25) is 0 Å². The van der Waals surface area contributed by atoms with Gasteiger partial charge >= 0.3 is 0 Å². The number of aromatic nitrogens is 2. The van der Waals surface area contributed by atoms with Gasteiger partial charge in [-0.3, -0.25) is 0 Å². The number of halogens is 1. The molecule has 2 rings (SSSR count). The first-order valence-corrected chi connectivity index (χ1v) is 6.17. The molecule has 1 aromatic rings. The van der Waals surface area contributed by atoms with Gasteiger partial charge in [-0.05, 0) is 41.4 Å². The highest BCUT2D eigenvalue weighted by Gasteiger charge is 2.27. The van der Waals surface area contributed by atoms with Gasteiger partial charge in [-0.15, -0.1) is 0 Å². The van der Waals surface area contributed by atoms with Gasteiger partial charge < -0.3 is 10.6 Å². The molecule has 0 spiro atoms. The van der Waals surface area contributed by atoms with E-state index in [0.29, 0.717) is 6.04 Å². The van der Waals surface area contributed by atoms with E-state index in [1.807, 2.05) is 6.20 Å². The summed E-state index contributed by atoms with van der Waals surface area (Å²) in [5.41, 5.74) is 5.77. The fraction of sp³-hybridized carbons (Fsp3) is 0.600. The van der Waals surface area contributed by atoms with Gasteiger partial charge in [-0.1, -0.05) is 0 Å². The van der Waals surface area contributed by atoms with Crippen molar-refractivity contribution < 1.29 is 0 Å². The maximum atomic E-state index is 5.77. The lowest BCUT2D eigenvalue weighted by Crippen LogP contribution is -2.42. The van der Waals surface area contributed by atoms with Crippen molar-refractivity contribution in [1.29, 1.82) is 0 Å². The molecule has 0 radical (unpaired) electrons. The van der Waals surface area contributed by atoms with E-state index in [4.69, 9.17) is 5.73 Å². The minimum Gasteiger partial charge on any atom is -0.358 e. The summed E-state index contributed by atoms with van der Waals surface area (Å²) in [4.78, 5) is 10.5. The van der Waals surface area contributed by atoms with Crippen molar-refractivity contribution in [3.05, 3.63) is 16.1 Å². The zero-order valence-electron chi connectivity index (χ0n) is 8.73. The van der Waals surface area contributed by atoms with Crippen LogP contribution in [0.1, 0.15) is 12.8 Å². The molecule has 0 saturated heterocycles. The second-order valence-corrected chi connectivity index (χ2v) is 5.33. The summed E-state index contributed by atoms with van der Waals surface area (Å²) in [6.07, 6.45) is 5.73. The third-order valence-electron chi connectivity index (χ3n) is 2.81. The average molecular weight is 318 g/mol. The maximum Gasteiger partial charge on any atom is 0.145 e. The quantitative estimate of drug-likeness (QED) is 0.853. The van der Waals surface area contributed by atoms with Gasteiger partial charge in [0.05, 0.1) is 3.57 Å². The summed E-state index contributed by atoms with van der Waals surface area (Å²) in [5.74, 6) is 1.75. The molecule has 4 nitrogen and oxygen atoms in total. The van der Waals surface area contributed by atoms with E-state index in [2.05, 4.69) is 44.5 Å². The lowest BCUT2D eigenvalue weighted by atomic mass is 9.81. The highest BCUT2D eigenvalue weighted by Crippen LogP contribution is 2.28. The summed E-state index contributed by atoms with van der Waals surface area (Å²) in [6, 6.07) is 0.424. The summed E-state index contributed by atoms with van der Waals surface area (Å²) in [5, 5.41) is 0. The minimum absolute atomic E-state index is 0.424. The van der Waals surface area contributed by atoms with Crippen molar-refractivity contribution in [1.82, 2.24) is 9.97 Å². The molecular formula is C10H15IN4. The van der Waals surface area contributed by atoms with E-state index in [9.17, 15) is 0 Å². The third kappa shape index (κ3) is 2.57. The minimum atomic E-state index is 0.424. The van der Waals surface area contributed by atoms with Crippen molar-refractivity contribution >= 4 is 28.4 Å². The van der Waals surface area contributed by atoms with Crippen LogP contribution in [-0.2, 0) is 0 Å². The van der Waals surface area contributed by atoms with Crippen molar-refractivity contribution in [3.8, 4) is 0 Å². The highest BCUT2D eigenvalue weighted by atomic mass is 127. The fourth-order valence-corrected chi connectivity index (χ4v) is 2.71. The third-order valence-corrected chi connectivity index (χ3v) is 3.57. The van der Waals surface area contributed by atoms with Gasteiger partial charge in [0.25, 0.3) is 0 Å². The van der Waals surface area contributed by atoms with Crippen LogP contribution in [0.2, 0.25) is 0 Å². The Balaban J connectivity index is 1.96. The van der Waals surface area contributed by atoms with Crippen LogP contribution in [0.3, 0.4) is 0 Å². The van der Waals surface area contributed by atoms with Crippen LogP contribution in [0.25, 0.3) is 0 Å². The predicted molar refractivity (Wildman–Crippen MR) is 68.7 cm³/mol. The van der Waals surface area contributed by atoms with Crippen molar-refractivity contribution in [2.45, 2.75) is 18.9 Å². The fourth-order valence-electron chi connectivity index (χ4n) is 2.00. The van der Waals surface area contributed by atoms with E-state index < -0.39 is 0 Å². The molecule has 0 unspecified atom stereocenters. The van der Waals surface area contributed by atoms with Crippen LogP contribution in [0, 0.1) is 9.49 Å². The summed E-state index contributed by atoms with van der Waals surface area (Å²) in [7, 11) is 2.08. The molecule has 1 aliphatic rings. The van der Waals surface area contributed by atoms with Crippen molar-refractivity contribution in [2.24, 2.45) is 11.7 Å². The van der Waals surface area contributed by atoms with E-state index in [1.54, 1.807) is 6.33 Å². The number of anilines is 1. The number of nitrogens with two attached hydrogens (primary N) is 1. The van der Waals surface area contributed by atoms with Crippen LogP contribution in [0.5, 0.6) is 0 Å². The maximum absolute atomic E-state index is 5.77. The Morgan fingerprint density at radius 1 is 1.60 bits per heavy atom. The van der Waals surface area contributed by atoms with Crippen LogP contribution in [0.15, 0.2) is 12.5 Å². The largest absolute Gasteiger partial charge is 0.358 e. The summed E-state index contributed by atoms with van der Waals surface area (Å²) >= 11 is 2.27. The van der Waals surface area contributed by atoms with Gasteiger partial charge in [0.1, 0.15) is 12.1 Å². The number of hydrogen-bond acceptors (Lipinski definition) is 4. The predicted octanol–water partition coefficient (Wildman–Crippen LogP) is 1.25. The molecule has 15 heavy (non-hydrogen) atoms. The van der Waals surface area contributed by atoms with Crippen LogP contribution in [-0.4, -0.2) is 29.6 Å². The lowest BCUT2D eigenvalue weighted by Gasteiger charge is -2.35. The standard InChI is InChI=1S/C10H15IN4/c1-15(5-7-2-8(12)3-7)10-9(11)4-13-6-14-10/h4,6-8H,2-3,5,12H2,1H3. The Labute approximate surface area is 103 Å². The highest BCUT2D eigenvalue weighted by molar-refractivity contribution is 14.1. The molecule has 1 fully saturated rings. The number of nitrogens with zero attached hydrogens (tertiary/aromatic N) is 3. The average Bonchev–Trinajstić information content (AvgIpc) is 2.16. The normalized spacial score (nSPS) is 24.7. The van der Waals surface area contributed by atoms with Crippen LogP contribution in [0.4, 0.5) is 5.82 Å². The van der Waals surface area contributed by atoms with Crippen LogP contribution < -0.4 is 10.6 Å². The molecule has 0 atom stereocenters. The second kappa shape index (κ2) is 4.61. The van der Waals surface area contributed by atoms with Crippen molar-refractivity contribution in [3.63, 3.8) is 0 Å². The first-order chi connectivity index (χ1) is 7.16. The molecule has 2 N–H and O–H groups in total. The van der Waals surface area contributed by atoms with Gasteiger partial charge in [0.15, 0.2) is 0 Å². The van der Waals surface area contributed by atoms with Crippen LogP contribution >= 0.6 is 22.6 Å². The van der Waals surface area contributed by atoms with Gasteiger partial charge in [0, 0.05) is 25.8 Å². The Bertz CT molecular complexity index is 338. The Hall–Kier alpha value is -0.430. The SMILES string of the molecule is CN(CC1CC(N)C1)c1ncncc1I. The molecule has 1 heterocycles. The summed E-state index contributed by atoms with van der Waals surface area (Å²) in [6.45, 7) is 1.04. The number of hydrogen-bond donors (Lipinski definition) is 1. The van der Waals surface area contributed by atoms with Gasteiger partial charge in [-0.2, -0.15) is 0 Å².